The number of benzene rings is 3. The van der Waals surface area contributed by atoms with Gasteiger partial charge in [0.15, 0.2) is 0 Å². The van der Waals surface area contributed by atoms with Gasteiger partial charge in [-0.1, -0.05) is 36.4 Å². The first-order valence-corrected chi connectivity index (χ1v) is 7.15. The van der Waals surface area contributed by atoms with E-state index >= 15 is 0 Å². The molecule has 3 aromatic rings. The number of aromatic carboxylic acids is 1. The number of nitrogens with one attached hydrogen (secondary N) is 1. The minimum absolute atomic E-state index is 0.224. The quantitative estimate of drug-likeness (QED) is 0.702. The van der Waals surface area contributed by atoms with Crippen molar-refractivity contribution in [3.63, 3.8) is 0 Å². The van der Waals surface area contributed by atoms with Gasteiger partial charge in [0.2, 0.25) is 0 Å². The molecule has 0 heterocycles. The van der Waals surface area contributed by atoms with Gasteiger partial charge in [-0.3, -0.25) is 0 Å². The van der Waals surface area contributed by atoms with Crippen LogP contribution in [0.5, 0.6) is 11.5 Å². The predicted molar refractivity (Wildman–Crippen MR) is 89.6 cm³/mol. The van der Waals surface area contributed by atoms with Crippen LogP contribution in [0.1, 0.15) is 10.4 Å². The van der Waals surface area contributed by atoms with E-state index in [-0.39, 0.29) is 5.56 Å². The van der Waals surface area contributed by atoms with E-state index in [2.05, 4.69) is 5.32 Å². The second-order valence-corrected chi connectivity index (χ2v) is 4.92. The number of rotatable bonds is 5. The average molecular weight is 305 g/mol. The summed E-state index contributed by atoms with van der Waals surface area (Å²) in [5.41, 5.74) is 1.52. The van der Waals surface area contributed by atoms with Crippen LogP contribution in [0.2, 0.25) is 0 Å². The second kappa shape index (κ2) is 6.66. The normalized spacial score (nSPS) is 10.1. The van der Waals surface area contributed by atoms with Crippen LogP contribution in [0.4, 0.5) is 11.4 Å². The van der Waals surface area contributed by atoms with Crippen molar-refractivity contribution >= 4 is 17.3 Å². The monoisotopic (exact) mass is 305 g/mol. The van der Waals surface area contributed by atoms with Crippen molar-refractivity contribution in [2.24, 2.45) is 0 Å². The topological polar surface area (TPSA) is 58.6 Å². The molecule has 0 saturated heterocycles. The Bertz CT molecular complexity index is 816. The maximum Gasteiger partial charge on any atom is 0.337 e. The minimum atomic E-state index is -0.968. The number of ether oxygens (including phenoxy) is 1. The number of hydrogen-bond donors (Lipinski definition) is 2. The van der Waals surface area contributed by atoms with Crippen molar-refractivity contribution in [3.05, 3.63) is 84.4 Å². The summed E-state index contributed by atoms with van der Waals surface area (Å²) in [5.74, 6) is 0.453. The Morgan fingerprint density at radius 3 is 2.30 bits per heavy atom. The van der Waals surface area contributed by atoms with Crippen molar-refractivity contribution < 1.29 is 14.6 Å². The zero-order chi connectivity index (χ0) is 16.1. The number of carboxylic acids is 1. The number of hydrogen-bond acceptors (Lipinski definition) is 3. The Kier molecular flexibility index (Phi) is 4.25. The molecule has 114 valence electrons. The van der Waals surface area contributed by atoms with Gasteiger partial charge in [0, 0.05) is 11.8 Å². The van der Waals surface area contributed by atoms with E-state index in [4.69, 9.17) is 4.74 Å². The van der Waals surface area contributed by atoms with Gasteiger partial charge in [0.1, 0.15) is 11.5 Å². The molecule has 2 N–H and O–H groups in total. The molecule has 0 atom stereocenters. The molecule has 0 unspecified atom stereocenters. The van der Waals surface area contributed by atoms with Crippen molar-refractivity contribution in [2.45, 2.75) is 0 Å². The molecule has 0 bridgehead atoms. The minimum Gasteiger partial charge on any atom is -0.478 e. The Balaban J connectivity index is 1.82. The van der Waals surface area contributed by atoms with Crippen molar-refractivity contribution in [1.82, 2.24) is 0 Å². The standard InChI is InChI=1S/C19H15NO3/c21-19(22)17-11-4-5-12-18(17)20-14-7-6-10-16(13-14)23-15-8-2-1-3-9-15/h1-13,20H,(H,21,22). The van der Waals surface area contributed by atoms with E-state index in [1.54, 1.807) is 24.3 Å². The Morgan fingerprint density at radius 1 is 0.826 bits per heavy atom. The van der Waals surface area contributed by atoms with E-state index in [9.17, 15) is 9.90 Å². The van der Waals surface area contributed by atoms with E-state index in [0.29, 0.717) is 11.4 Å². The van der Waals surface area contributed by atoms with Gasteiger partial charge in [0.25, 0.3) is 0 Å². The third-order valence-corrected chi connectivity index (χ3v) is 3.25. The fourth-order valence-corrected chi connectivity index (χ4v) is 2.20. The molecule has 0 spiro atoms. The molecular formula is C19H15NO3. The summed E-state index contributed by atoms with van der Waals surface area (Å²) >= 11 is 0. The molecule has 4 heteroatoms. The van der Waals surface area contributed by atoms with Crippen molar-refractivity contribution in [1.29, 1.82) is 0 Å². The molecule has 4 nitrogen and oxygen atoms in total. The van der Waals surface area contributed by atoms with E-state index in [1.807, 2.05) is 54.6 Å². The largest absolute Gasteiger partial charge is 0.478 e. The lowest BCUT2D eigenvalue weighted by atomic mass is 10.1. The van der Waals surface area contributed by atoms with Gasteiger partial charge in [-0.15, -0.1) is 0 Å². The highest BCUT2D eigenvalue weighted by molar-refractivity contribution is 5.95. The van der Waals surface area contributed by atoms with E-state index in [1.165, 1.54) is 0 Å². The van der Waals surface area contributed by atoms with E-state index in [0.717, 1.165) is 11.4 Å². The molecule has 0 aromatic heterocycles. The summed E-state index contributed by atoms with van der Waals surface area (Å²) in [4.78, 5) is 11.3. The first-order valence-electron chi connectivity index (χ1n) is 7.15. The van der Waals surface area contributed by atoms with Crippen LogP contribution in [-0.2, 0) is 0 Å². The summed E-state index contributed by atoms with van der Waals surface area (Å²) < 4.78 is 5.78. The summed E-state index contributed by atoms with van der Waals surface area (Å²) in [6, 6.07) is 23.6. The molecule has 0 saturated carbocycles. The smallest absolute Gasteiger partial charge is 0.337 e. The molecule has 0 amide bonds. The van der Waals surface area contributed by atoms with Gasteiger partial charge in [-0.25, -0.2) is 4.79 Å². The zero-order valence-corrected chi connectivity index (χ0v) is 12.3. The second-order valence-electron chi connectivity index (χ2n) is 4.92. The number of anilines is 2. The molecule has 0 aliphatic carbocycles. The lowest BCUT2D eigenvalue weighted by molar-refractivity contribution is 0.0698. The Morgan fingerprint density at radius 2 is 1.52 bits per heavy atom. The third-order valence-electron chi connectivity index (χ3n) is 3.25. The van der Waals surface area contributed by atoms with Gasteiger partial charge in [0.05, 0.1) is 11.3 Å². The summed E-state index contributed by atoms with van der Waals surface area (Å²) in [7, 11) is 0. The molecule has 0 aliphatic heterocycles. The van der Waals surface area contributed by atoms with E-state index < -0.39 is 5.97 Å². The van der Waals surface area contributed by atoms with Crippen LogP contribution in [-0.4, -0.2) is 11.1 Å². The summed E-state index contributed by atoms with van der Waals surface area (Å²) in [6.07, 6.45) is 0. The number of para-hydroxylation sites is 2. The SMILES string of the molecule is O=C(O)c1ccccc1Nc1cccc(Oc2ccccc2)c1. The highest BCUT2D eigenvalue weighted by atomic mass is 16.5. The lowest BCUT2D eigenvalue weighted by Crippen LogP contribution is -2.02. The fraction of sp³-hybridized carbons (Fsp3) is 0. The van der Waals surface area contributed by atoms with Gasteiger partial charge >= 0.3 is 5.97 Å². The molecule has 3 rings (SSSR count). The van der Waals surface area contributed by atoms with Crippen molar-refractivity contribution in [2.75, 3.05) is 5.32 Å². The molecule has 0 radical (unpaired) electrons. The highest BCUT2D eigenvalue weighted by Crippen LogP contribution is 2.27. The summed E-state index contributed by atoms with van der Waals surface area (Å²) in [6.45, 7) is 0. The van der Waals surface area contributed by atoms with Gasteiger partial charge in [-0.05, 0) is 36.4 Å². The Labute approximate surface area is 134 Å². The average Bonchev–Trinajstić information content (AvgIpc) is 2.56. The maximum absolute atomic E-state index is 11.3. The van der Waals surface area contributed by atoms with Crippen LogP contribution in [0.25, 0.3) is 0 Å². The maximum atomic E-state index is 11.3. The highest BCUT2D eigenvalue weighted by Gasteiger charge is 2.09. The number of carboxylic acid groups (broad SMARTS) is 1. The zero-order valence-electron chi connectivity index (χ0n) is 12.3. The first kappa shape index (κ1) is 14.7. The van der Waals surface area contributed by atoms with Crippen molar-refractivity contribution in [3.8, 4) is 11.5 Å². The Hall–Kier alpha value is -3.27. The molecule has 0 aliphatic rings. The van der Waals surface area contributed by atoms with Gasteiger partial charge in [-0.2, -0.15) is 0 Å². The number of carbonyl (C=O) groups is 1. The van der Waals surface area contributed by atoms with Crippen LogP contribution < -0.4 is 10.1 Å². The first-order chi connectivity index (χ1) is 11.2. The lowest BCUT2D eigenvalue weighted by Gasteiger charge is -2.11. The molecular weight excluding hydrogens is 290 g/mol. The molecule has 3 aromatic carbocycles. The predicted octanol–water partition coefficient (Wildman–Crippen LogP) is 4.92. The van der Waals surface area contributed by atoms with Crippen LogP contribution in [0, 0.1) is 0 Å². The molecule has 0 fully saturated rings. The van der Waals surface area contributed by atoms with Gasteiger partial charge < -0.3 is 15.2 Å². The fourth-order valence-electron chi connectivity index (χ4n) is 2.20. The third kappa shape index (κ3) is 3.68. The molecule has 23 heavy (non-hydrogen) atoms. The van der Waals surface area contributed by atoms with Crippen LogP contribution in [0.15, 0.2) is 78.9 Å². The summed E-state index contributed by atoms with van der Waals surface area (Å²) in [5, 5.41) is 12.3. The van der Waals surface area contributed by atoms with Crippen LogP contribution >= 0.6 is 0 Å². The van der Waals surface area contributed by atoms with Crippen LogP contribution in [0.3, 0.4) is 0 Å².